The highest BCUT2D eigenvalue weighted by Crippen LogP contribution is 2.10. The molecule has 1 aromatic heterocycles. The fourth-order valence-corrected chi connectivity index (χ4v) is 1.40. The highest BCUT2D eigenvalue weighted by atomic mass is 19.1. The summed E-state index contributed by atoms with van der Waals surface area (Å²) in [7, 11) is -1.58. The van der Waals surface area contributed by atoms with Gasteiger partial charge in [-0.1, -0.05) is 12.1 Å². The van der Waals surface area contributed by atoms with Crippen LogP contribution in [0.15, 0.2) is 42.7 Å². The summed E-state index contributed by atoms with van der Waals surface area (Å²) in [6.07, 6.45) is 2.81. The molecule has 4 nitrogen and oxygen atoms in total. The first-order valence-electron chi connectivity index (χ1n) is 5.33. The summed E-state index contributed by atoms with van der Waals surface area (Å²) in [5.74, 6) is 0.121. The first-order valence-corrected chi connectivity index (χ1v) is 5.33. The molecule has 18 heavy (non-hydrogen) atoms. The van der Waals surface area contributed by atoms with E-state index in [1.165, 1.54) is 30.6 Å². The number of ether oxygens (including phenoxy) is 1. The molecule has 1 heterocycles. The smallest absolute Gasteiger partial charge is 0.487 e. The third-order valence-electron chi connectivity index (χ3n) is 2.35. The minimum Gasteiger partial charge on any atom is -0.487 e. The minimum atomic E-state index is -1.58. The van der Waals surface area contributed by atoms with Crippen LogP contribution in [-0.4, -0.2) is 22.2 Å². The Balaban J connectivity index is 2.01. The molecule has 0 atom stereocenters. The van der Waals surface area contributed by atoms with Gasteiger partial charge in [-0.05, 0) is 23.8 Å². The molecular formula is C12H11BFNO3. The van der Waals surface area contributed by atoms with Crippen molar-refractivity contribution in [3.05, 3.63) is 54.1 Å². The fraction of sp³-hybridized carbons (Fsp3) is 0.0833. The van der Waals surface area contributed by atoms with E-state index in [9.17, 15) is 4.39 Å². The van der Waals surface area contributed by atoms with Crippen molar-refractivity contribution >= 4 is 12.6 Å². The van der Waals surface area contributed by atoms with Gasteiger partial charge in [0.15, 0.2) is 0 Å². The number of aromatic nitrogens is 1. The molecule has 0 radical (unpaired) electrons. The van der Waals surface area contributed by atoms with Crippen molar-refractivity contribution in [3.8, 4) is 5.75 Å². The Bertz CT molecular complexity index is 519. The molecule has 0 saturated carbocycles. The number of hydrogen-bond acceptors (Lipinski definition) is 4. The van der Waals surface area contributed by atoms with Crippen LogP contribution in [-0.2, 0) is 6.61 Å². The van der Waals surface area contributed by atoms with Gasteiger partial charge in [-0.15, -0.1) is 0 Å². The van der Waals surface area contributed by atoms with E-state index in [1.54, 1.807) is 12.1 Å². The topological polar surface area (TPSA) is 62.6 Å². The van der Waals surface area contributed by atoms with Crippen LogP contribution in [0, 0.1) is 5.82 Å². The quantitative estimate of drug-likeness (QED) is 0.771. The molecule has 0 spiro atoms. The molecule has 0 amide bonds. The molecule has 0 unspecified atom stereocenters. The molecule has 2 rings (SSSR count). The van der Waals surface area contributed by atoms with Crippen LogP contribution in [0.2, 0.25) is 0 Å². The van der Waals surface area contributed by atoms with Crippen molar-refractivity contribution in [1.29, 1.82) is 0 Å². The lowest BCUT2D eigenvalue weighted by atomic mass is 9.82. The highest BCUT2D eigenvalue weighted by molar-refractivity contribution is 6.58. The van der Waals surface area contributed by atoms with E-state index in [0.717, 1.165) is 5.56 Å². The van der Waals surface area contributed by atoms with Gasteiger partial charge in [0.05, 0.1) is 6.20 Å². The van der Waals surface area contributed by atoms with Crippen LogP contribution in [0.25, 0.3) is 0 Å². The van der Waals surface area contributed by atoms with Crippen LogP contribution in [0.3, 0.4) is 0 Å². The molecule has 0 aliphatic heterocycles. The van der Waals surface area contributed by atoms with E-state index < -0.39 is 7.12 Å². The second-order valence-corrected chi connectivity index (χ2v) is 3.74. The van der Waals surface area contributed by atoms with Gasteiger partial charge in [-0.25, -0.2) is 4.39 Å². The van der Waals surface area contributed by atoms with Gasteiger partial charge in [0.2, 0.25) is 0 Å². The molecule has 0 fully saturated rings. The molecule has 1 aromatic carbocycles. The molecule has 0 aliphatic rings. The number of benzene rings is 1. The Labute approximate surface area is 104 Å². The Kier molecular flexibility index (Phi) is 3.91. The van der Waals surface area contributed by atoms with Crippen molar-refractivity contribution in [1.82, 2.24) is 4.98 Å². The zero-order chi connectivity index (χ0) is 13.0. The summed E-state index contributed by atoms with van der Waals surface area (Å²) in [6, 6.07) is 7.43. The second kappa shape index (κ2) is 5.62. The summed E-state index contributed by atoms with van der Waals surface area (Å²) in [5.41, 5.74) is 1.07. The van der Waals surface area contributed by atoms with E-state index in [-0.39, 0.29) is 17.9 Å². The SMILES string of the molecule is OB(O)c1cncc(OCc2ccc(F)cc2)c1. The average molecular weight is 247 g/mol. The van der Waals surface area contributed by atoms with Gasteiger partial charge < -0.3 is 14.8 Å². The third-order valence-corrected chi connectivity index (χ3v) is 2.35. The summed E-state index contributed by atoms with van der Waals surface area (Å²) < 4.78 is 18.1. The number of hydrogen-bond donors (Lipinski definition) is 2. The standard InChI is InChI=1S/C12H11BFNO3/c14-11-3-1-9(2-4-11)8-18-12-5-10(13(16)17)6-15-7-12/h1-7,16-17H,8H2. The second-order valence-electron chi connectivity index (χ2n) is 3.74. The number of pyridine rings is 1. The maximum Gasteiger partial charge on any atom is 0.490 e. The molecule has 0 bridgehead atoms. The first kappa shape index (κ1) is 12.5. The maximum atomic E-state index is 12.7. The summed E-state index contributed by atoms with van der Waals surface area (Å²) in [6.45, 7) is 0.257. The van der Waals surface area contributed by atoms with Crippen molar-refractivity contribution in [2.45, 2.75) is 6.61 Å². The van der Waals surface area contributed by atoms with Gasteiger partial charge in [0.1, 0.15) is 18.2 Å². The predicted molar refractivity (Wildman–Crippen MR) is 64.8 cm³/mol. The third kappa shape index (κ3) is 3.29. The summed E-state index contributed by atoms with van der Waals surface area (Å²) in [5, 5.41) is 18.0. The van der Waals surface area contributed by atoms with Gasteiger partial charge >= 0.3 is 7.12 Å². The highest BCUT2D eigenvalue weighted by Gasteiger charge is 2.11. The van der Waals surface area contributed by atoms with Crippen LogP contribution in [0.4, 0.5) is 4.39 Å². The summed E-state index contributed by atoms with van der Waals surface area (Å²) in [4.78, 5) is 3.83. The van der Waals surface area contributed by atoms with E-state index in [1.807, 2.05) is 0 Å². The Morgan fingerprint density at radius 3 is 2.56 bits per heavy atom. The molecule has 2 aromatic rings. The zero-order valence-electron chi connectivity index (χ0n) is 9.45. The summed E-state index contributed by atoms with van der Waals surface area (Å²) >= 11 is 0. The largest absolute Gasteiger partial charge is 0.490 e. The molecular weight excluding hydrogens is 236 g/mol. The van der Waals surface area contributed by atoms with Crippen LogP contribution in [0.1, 0.15) is 5.56 Å². The van der Waals surface area contributed by atoms with Gasteiger partial charge in [-0.3, -0.25) is 4.98 Å². The molecule has 2 N–H and O–H groups in total. The Hall–Kier alpha value is -1.92. The molecule has 0 aliphatic carbocycles. The lowest BCUT2D eigenvalue weighted by molar-refractivity contribution is 0.305. The minimum absolute atomic E-state index is 0.256. The van der Waals surface area contributed by atoms with Crippen LogP contribution >= 0.6 is 0 Å². The lowest BCUT2D eigenvalue weighted by Gasteiger charge is -2.07. The number of rotatable bonds is 4. The van der Waals surface area contributed by atoms with E-state index in [4.69, 9.17) is 14.8 Å². The Morgan fingerprint density at radius 1 is 1.17 bits per heavy atom. The molecule has 92 valence electrons. The van der Waals surface area contributed by atoms with Crippen molar-refractivity contribution < 1.29 is 19.2 Å². The number of halogens is 1. The van der Waals surface area contributed by atoms with Gasteiger partial charge in [-0.2, -0.15) is 0 Å². The van der Waals surface area contributed by atoms with Gasteiger partial charge in [0.25, 0.3) is 0 Å². The van der Waals surface area contributed by atoms with E-state index in [2.05, 4.69) is 4.98 Å². The van der Waals surface area contributed by atoms with Crippen molar-refractivity contribution in [2.75, 3.05) is 0 Å². The van der Waals surface area contributed by atoms with Crippen LogP contribution < -0.4 is 10.2 Å². The average Bonchev–Trinajstić information content (AvgIpc) is 2.38. The van der Waals surface area contributed by atoms with Crippen LogP contribution in [0.5, 0.6) is 5.75 Å². The first-order chi connectivity index (χ1) is 8.65. The normalized spacial score (nSPS) is 10.2. The van der Waals surface area contributed by atoms with Crippen molar-refractivity contribution in [2.24, 2.45) is 0 Å². The Morgan fingerprint density at radius 2 is 1.89 bits per heavy atom. The van der Waals surface area contributed by atoms with E-state index in [0.29, 0.717) is 5.75 Å². The fourth-order valence-electron chi connectivity index (χ4n) is 1.40. The maximum absolute atomic E-state index is 12.7. The predicted octanol–water partition coefficient (Wildman–Crippen LogP) is 0.479. The monoisotopic (exact) mass is 247 g/mol. The molecule has 0 saturated heterocycles. The lowest BCUT2D eigenvalue weighted by Crippen LogP contribution is -2.30. The zero-order valence-corrected chi connectivity index (χ0v) is 9.45. The van der Waals surface area contributed by atoms with Gasteiger partial charge in [0, 0.05) is 11.7 Å². The van der Waals surface area contributed by atoms with E-state index >= 15 is 0 Å². The number of nitrogens with zero attached hydrogens (tertiary/aromatic N) is 1. The molecule has 6 heteroatoms. The van der Waals surface area contributed by atoms with Crippen molar-refractivity contribution in [3.63, 3.8) is 0 Å².